The van der Waals surface area contributed by atoms with E-state index in [-0.39, 0.29) is 24.5 Å². The van der Waals surface area contributed by atoms with Crippen molar-refractivity contribution in [1.82, 2.24) is 10.6 Å². The zero-order valence-corrected chi connectivity index (χ0v) is 36.1. The van der Waals surface area contributed by atoms with E-state index in [4.69, 9.17) is 14.9 Å². The first kappa shape index (κ1) is 53.3. The molecule has 0 aliphatic rings. The second kappa shape index (κ2) is 41.9. The summed E-state index contributed by atoms with van der Waals surface area (Å²) in [6, 6.07) is -1.38. The number of aliphatic hydroxyl groups is 1. The molecule has 0 spiro atoms. The molecule has 0 rings (SSSR count). The summed E-state index contributed by atoms with van der Waals surface area (Å²) >= 11 is 0. The number of hydrogen-bond acceptors (Lipinski definition) is 6. The highest BCUT2D eigenvalue weighted by molar-refractivity contribution is 5.87. The summed E-state index contributed by atoms with van der Waals surface area (Å²) in [5.74, 6) is -2.30. The molecular weight excluding hydrogens is 705 g/mol. The van der Waals surface area contributed by atoms with Crippen molar-refractivity contribution in [1.29, 1.82) is 0 Å². The highest BCUT2D eigenvalue weighted by Gasteiger charge is 2.19. The first-order chi connectivity index (χ1) is 27.3. The normalized spacial score (nSPS) is 12.6. The molecule has 9 heteroatoms. The SMILES string of the molecule is CCCCCC/C=C\CCCCCCCC(=O)OC(CCCCC/C=C\CCCCCCCCCC)CCCCCCCC(=O)NCC(=O)NC(CO)C(=O)O. The highest BCUT2D eigenvalue weighted by atomic mass is 16.5. The van der Waals surface area contributed by atoms with Gasteiger partial charge in [-0.1, -0.05) is 147 Å². The van der Waals surface area contributed by atoms with Crippen LogP contribution in [0.25, 0.3) is 0 Å². The third-order valence-corrected chi connectivity index (χ3v) is 10.4. The van der Waals surface area contributed by atoms with Crippen molar-refractivity contribution in [3.8, 4) is 0 Å². The van der Waals surface area contributed by atoms with E-state index in [1.54, 1.807) is 0 Å². The Hall–Kier alpha value is -2.68. The fourth-order valence-electron chi connectivity index (χ4n) is 6.82. The zero-order valence-electron chi connectivity index (χ0n) is 36.1. The lowest BCUT2D eigenvalue weighted by molar-refractivity contribution is -0.150. The number of nitrogens with one attached hydrogen (secondary N) is 2. The number of rotatable bonds is 42. The molecule has 2 amide bonds. The van der Waals surface area contributed by atoms with Crippen LogP contribution in [0.15, 0.2) is 24.3 Å². The van der Waals surface area contributed by atoms with Crippen LogP contribution in [0, 0.1) is 0 Å². The van der Waals surface area contributed by atoms with Crippen LogP contribution >= 0.6 is 0 Å². The van der Waals surface area contributed by atoms with E-state index in [9.17, 15) is 19.2 Å². The maximum absolute atomic E-state index is 12.8. The number of ether oxygens (including phenoxy) is 1. The van der Waals surface area contributed by atoms with Gasteiger partial charge in [0.15, 0.2) is 0 Å². The highest BCUT2D eigenvalue weighted by Crippen LogP contribution is 2.18. The first-order valence-electron chi connectivity index (χ1n) is 23.2. The number of unbranched alkanes of at least 4 members (excludes halogenated alkanes) is 24. The number of esters is 1. The molecular formula is C47H86N2O7. The number of hydrogen-bond donors (Lipinski definition) is 4. The van der Waals surface area contributed by atoms with Crippen molar-refractivity contribution in [2.45, 2.75) is 238 Å². The Morgan fingerprint density at radius 3 is 1.38 bits per heavy atom. The standard InChI is InChI=1S/C47H86N2O7/c1-3-5-7-9-11-13-15-17-18-20-21-23-25-28-32-36-42(56-46(53)39-35-31-26-24-22-19-16-14-12-10-8-6-4-2)37-33-29-27-30-34-38-44(51)48-40-45(52)49-43(41-50)47(54)55/h14,16,20-21,42-43,50H,3-13,15,17-19,22-41H2,1-2H3,(H,48,51)(H,49,52)(H,54,55)/b16-14-,21-20-. The summed E-state index contributed by atoms with van der Waals surface area (Å²) in [6.07, 6.45) is 46.3. The molecule has 56 heavy (non-hydrogen) atoms. The molecule has 0 aromatic carbocycles. The van der Waals surface area contributed by atoms with Gasteiger partial charge >= 0.3 is 11.9 Å². The van der Waals surface area contributed by atoms with Gasteiger partial charge < -0.3 is 25.6 Å². The minimum atomic E-state index is -1.38. The molecule has 9 nitrogen and oxygen atoms in total. The minimum absolute atomic E-state index is 0.0303. The van der Waals surface area contributed by atoms with E-state index in [0.29, 0.717) is 19.3 Å². The molecule has 0 radical (unpaired) electrons. The minimum Gasteiger partial charge on any atom is -0.480 e. The average molecular weight is 791 g/mol. The molecule has 0 saturated carbocycles. The zero-order chi connectivity index (χ0) is 41.2. The Labute approximate surface area is 343 Å². The van der Waals surface area contributed by atoms with Crippen LogP contribution in [0.4, 0.5) is 0 Å². The van der Waals surface area contributed by atoms with Gasteiger partial charge in [0.1, 0.15) is 12.1 Å². The van der Waals surface area contributed by atoms with Crippen LogP contribution in [0.5, 0.6) is 0 Å². The Kier molecular flexibility index (Phi) is 39.9. The molecule has 0 aromatic heterocycles. The molecule has 326 valence electrons. The number of carbonyl (C=O) groups is 4. The lowest BCUT2D eigenvalue weighted by Gasteiger charge is -2.18. The quantitative estimate of drug-likeness (QED) is 0.0274. The number of carboxylic acid groups (broad SMARTS) is 1. The first-order valence-corrected chi connectivity index (χ1v) is 23.2. The Balaban J connectivity index is 4.36. The van der Waals surface area contributed by atoms with Gasteiger partial charge in [0.25, 0.3) is 0 Å². The van der Waals surface area contributed by atoms with Gasteiger partial charge in [-0.05, 0) is 89.9 Å². The monoisotopic (exact) mass is 791 g/mol. The van der Waals surface area contributed by atoms with Gasteiger partial charge in [0.05, 0.1) is 13.2 Å². The number of carbonyl (C=O) groups excluding carboxylic acids is 3. The summed E-state index contributed by atoms with van der Waals surface area (Å²) in [7, 11) is 0. The van der Waals surface area contributed by atoms with Gasteiger partial charge in [0, 0.05) is 12.8 Å². The van der Waals surface area contributed by atoms with Crippen molar-refractivity contribution in [2.75, 3.05) is 13.2 Å². The predicted octanol–water partition coefficient (Wildman–Crippen LogP) is 11.6. The summed E-state index contributed by atoms with van der Waals surface area (Å²) in [5, 5.41) is 22.6. The van der Waals surface area contributed by atoms with Gasteiger partial charge in [0.2, 0.25) is 11.8 Å². The molecule has 0 bridgehead atoms. The Morgan fingerprint density at radius 1 is 0.518 bits per heavy atom. The van der Waals surface area contributed by atoms with E-state index in [0.717, 1.165) is 77.0 Å². The number of carboxylic acids is 1. The number of aliphatic carboxylic acids is 1. The number of aliphatic hydroxyl groups excluding tert-OH is 1. The third kappa shape index (κ3) is 38.2. The fourth-order valence-corrected chi connectivity index (χ4v) is 6.82. The molecule has 2 atom stereocenters. The van der Waals surface area contributed by atoms with Crippen molar-refractivity contribution in [3.05, 3.63) is 24.3 Å². The van der Waals surface area contributed by atoms with Crippen molar-refractivity contribution >= 4 is 23.8 Å². The topological polar surface area (TPSA) is 142 Å². The van der Waals surface area contributed by atoms with Gasteiger partial charge in [-0.25, -0.2) is 4.79 Å². The van der Waals surface area contributed by atoms with Crippen molar-refractivity contribution < 1.29 is 34.1 Å². The van der Waals surface area contributed by atoms with Crippen LogP contribution in [0.2, 0.25) is 0 Å². The van der Waals surface area contributed by atoms with E-state index in [2.05, 4.69) is 48.8 Å². The van der Waals surface area contributed by atoms with E-state index < -0.39 is 24.5 Å². The summed E-state index contributed by atoms with van der Waals surface area (Å²) in [6.45, 7) is 3.48. The summed E-state index contributed by atoms with van der Waals surface area (Å²) in [4.78, 5) is 47.6. The Bertz CT molecular complexity index is 999. The van der Waals surface area contributed by atoms with E-state index in [1.165, 1.54) is 116 Å². The fraction of sp³-hybridized carbons (Fsp3) is 0.830. The van der Waals surface area contributed by atoms with Crippen molar-refractivity contribution in [3.63, 3.8) is 0 Å². The molecule has 0 fully saturated rings. The molecule has 4 N–H and O–H groups in total. The largest absolute Gasteiger partial charge is 0.480 e. The Morgan fingerprint density at radius 2 is 0.911 bits per heavy atom. The number of allylic oxidation sites excluding steroid dienone is 4. The summed E-state index contributed by atoms with van der Waals surface area (Å²) in [5.41, 5.74) is 0. The average Bonchev–Trinajstić information content (AvgIpc) is 3.18. The third-order valence-electron chi connectivity index (χ3n) is 10.4. The maximum atomic E-state index is 12.8. The molecule has 2 unspecified atom stereocenters. The molecule has 0 aromatic rings. The maximum Gasteiger partial charge on any atom is 0.328 e. The van der Waals surface area contributed by atoms with Gasteiger partial charge in [-0.2, -0.15) is 0 Å². The second-order valence-corrected chi connectivity index (χ2v) is 15.8. The van der Waals surface area contributed by atoms with E-state index >= 15 is 0 Å². The second-order valence-electron chi connectivity index (χ2n) is 15.8. The predicted molar refractivity (Wildman–Crippen MR) is 232 cm³/mol. The van der Waals surface area contributed by atoms with E-state index in [1.807, 2.05) is 0 Å². The molecule has 0 aliphatic carbocycles. The van der Waals surface area contributed by atoms with Crippen LogP contribution in [0.1, 0.15) is 226 Å². The molecule has 0 heterocycles. The number of amides is 2. The van der Waals surface area contributed by atoms with Crippen LogP contribution < -0.4 is 10.6 Å². The van der Waals surface area contributed by atoms with Gasteiger partial charge in [-0.3, -0.25) is 14.4 Å². The lowest BCUT2D eigenvalue weighted by Crippen LogP contribution is -2.47. The molecule has 0 saturated heterocycles. The van der Waals surface area contributed by atoms with Crippen LogP contribution in [-0.4, -0.2) is 59.3 Å². The van der Waals surface area contributed by atoms with Crippen LogP contribution in [-0.2, 0) is 23.9 Å². The molecule has 0 aliphatic heterocycles. The lowest BCUT2D eigenvalue weighted by atomic mass is 10.0. The smallest absolute Gasteiger partial charge is 0.328 e. The van der Waals surface area contributed by atoms with Crippen molar-refractivity contribution in [2.24, 2.45) is 0 Å². The van der Waals surface area contributed by atoms with Gasteiger partial charge in [-0.15, -0.1) is 0 Å². The van der Waals surface area contributed by atoms with Crippen LogP contribution in [0.3, 0.4) is 0 Å². The summed E-state index contributed by atoms with van der Waals surface area (Å²) < 4.78 is 6.03.